The van der Waals surface area contributed by atoms with Crippen molar-refractivity contribution < 1.29 is 4.79 Å². The summed E-state index contributed by atoms with van der Waals surface area (Å²) in [5.74, 6) is 0.792. The Balaban J connectivity index is 1.42. The number of amides is 1. The molecule has 0 bridgehead atoms. The third-order valence-electron chi connectivity index (χ3n) is 4.80. The largest absolute Gasteiger partial charge is 0.368 e. The summed E-state index contributed by atoms with van der Waals surface area (Å²) in [5, 5.41) is 7.22. The number of carbonyl (C=O) groups excluding carboxylic acids is 1. The minimum absolute atomic E-state index is 0.105. The van der Waals surface area contributed by atoms with Crippen molar-refractivity contribution in [2.24, 2.45) is 4.99 Å². The zero-order valence-corrected chi connectivity index (χ0v) is 15.9. The van der Waals surface area contributed by atoms with Gasteiger partial charge in [-0.25, -0.2) is 0 Å². The number of nitrogens with zero attached hydrogens (tertiary/aromatic N) is 3. The predicted octanol–water partition coefficient (Wildman–Crippen LogP) is 1.87. The van der Waals surface area contributed by atoms with E-state index in [0.717, 1.165) is 49.7 Å². The first kappa shape index (κ1) is 18.6. The van der Waals surface area contributed by atoms with E-state index in [2.05, 4.69) is 32.7 Å². The lowest BCUT2D eigenvalue weighted by molar-refractivity contribution is -0.130. The fourth-order valence-electron chi connectivity index (χ4n) is 3.26. The normalized spacial score (nSPS) is 18.3. The SMILES string of the molecule is CN=C(NCC(=O)N1CCN(c2ccc(Cl)cc2)CC1)NC1CC=CC1. The molecule has 7 heteroatoms. The number of nitrogens with one attached hydrogen (secondary N) is 2. The summed E-state index contributed by atoms with van der Waals surface area (Å²) < 4.78 is 0. The molecule has 2 aliphatic rings. The molecule has 0 saturated carbocycles. The van der Waals surface area contributed by atoms with Crippen molar-refractivity contribution in [3.05, 3.63) is 41.4 Å². The molecule has 1 aromatic rings. The van der Waals surface area contributed by atoms with Gasteiger partial charge < -0.3 is 20.4 Å². The molecule has 6 nitrogen and oxygen atoms in total. The Morgan fingerprint density at radius 1 is 1.15 bits per heavy atom. The van der Waals surface area contributed by atoms with Crippen LogP contribution in [0.4, 0.5) is 5.69 Å². The summed E-state index contributed by atoms with van der Waals surface area (Å²) in [6, 6.07) is 8.22. The van der Waals surface area contributed by atoms with Gasteiger partial charge in [0, 0.05) is 50.0 Å². The van der Waals surface area contributed by atoms with Crippen LogP contribution in [0, 0.1) is 0 Å². The van der Waals surface area contributed by atoms with Crippen molar-refractivity contribution >= 4 is 29.2 Å². The van der Waals surface area contributed by atoms with Crippen LogP contribution in [0.1, 0.15) is 12.8 Å². The Morgan fingerprint density at radius 2 is 1.81 bits per heavy atom. The maximum Gasteiger partial charge on any atom is 0.242 e. The molecule has 1 fully saturated rings. The van der Waals surface area contributed by atoms with Crippen LogP contribution in [0.5, 0.6) is 0 Å². The van der Waals surface area contributed by atoms with Crippen molar-refractivity contribution in [1.82, 2.24) is 15.5 Å². The maximum atomic E-state index is 12.5. The standard InChI is InChI=1S/C19H26ClN5O/c1-21-19(23-16-4-2-3-5-16)22-14-18(26)25-12-10-24(11-13-25)17-8-6-15(20)7-9-17/h2-3,6-9,16H,4-5,10-14H2,1H3,(H2,21,22,23). The number of piperazine rings is 1. The number of benzene rings is 1. The van der Waals surface area contributed by atoms with Gasteiger partial charge in [0.25, 0.3) is 0 Å². The lowest BCUT2D eigenvalue weighted by Gasteiger charge is -2.36. The van der Waals surface area contributed by atoms with Gasteiger partial charge in [-0.2, -0.15) is 0 Å². The van der Waals surface area contributed by atoms with E-state index in [1.165, 1.54) is 0 Å². The number of hydrogen-bond acceptors (Lipinski definition) is 3. The highest BCUT2D eigenvalue weighted by molar-refractivity contribution is 6.30. The fraction of sp³-hybridized carbons (Fsp3) is 0.474. The van der Waals surface area contributed by atoms with E-state index in [1.807, 2.05) is 29.2 Å². The summed E-state index contributed by atoms with van der Waals surface area (Å²) in [4.78, 5) is 20.9. The van der Waals surface area contributed by atoms with Crippen LogP contribution in [0.2, 0.25) is 5.02 Å². The number of anilines is 1. The monoisotopic (exact) mass is 375 g/mol. The average molecular weight is 376 g/mol. The van der Waals surface area contributed by atoms with E-state index in [9.17, 15) is 4.79 Å². The highest BCUT2D eigenvalue weighted by atomic mass is 35.5. The molecule has 1 amide bonds. The smallest absolute Gasteiger partial charge is 0.242 e. The molecule has 1 aliphatic heterocycles. The Kier molecular flexibility index (Phi) is 6.39. The minimum Gasteiger partial charge on any atom is -0.368 e. The molecule has 140 valence electrons. The van der Waals surface area contributed by atoms with Gasteiger partial charge in [-0.05, 0) is 37.1 Å². The Bertz CT molecular complexity index is 657. The molecule has 1 saturated heterocycles. The van der Waals surface area contributed by atoms with Crippen LogP contribution in [0.3, 0.4) is 0 Å². The minimum atomic E-state index is 0.105. The van der Waals surface area contributed by atoms with Gasteiger partial charge in [0.1, 0.15) is 0 Å². The summed E-state index contributed by atoms with van der Waals surface area (Å²) >= 11 is 5.94. The lowest BCUT2D eigenvalue weighted by atomic mass is 10.2. The van der Waals surface area contributed by atoms with Crippen molar-refractivity contribution in [3.63, 3.8) is 0 Å². The van der Waals surface area contributed by atoms with Crippen LogP contribution in [0.15, 0.2) is 41.4 Å². The summed E-state index contributed by atoms with van der Waals surface area (Å²) in [6.45, 7) is 3.37. The number of carbonyl (C=O) groups is 1. The van der Waals surface area contributed by atoms with E-state index in [4.69, 9.17) is 11.6 Å². The molecule has 1 heterocycles. The third-order valence-corrected chi connectivity index (χ3v) is 5.06. The van der Waals surface area contributed by atoms with Crippen LogP contribution in [-0.2, 0) is 4.79 Å². The quantitative estimate of drug-likeness (QED) is 0.479. The highest BCUT2D eigenvalue weighted by Gasteiger charge is 2.21. The molecule has 0 unspecified atom stereocenters. The first-order valence-corrected chi connectivity index (χ1v) is 9.44. The molecule has 1 aromatic carbocycles. The number of rotatable bonds is 4. The van der Waals surface area contributed by atoms with E-state index in [1.54, 1.807) is 7.05 Å². The third kappa shape index (κ3) is 4.91. The van der Waals surface area contributed by atoms with Crippen molar-refractivity contribution in [2.75, 3.05) is 44.7 Å². The fourth-order valence-corrected chi connectivity index (χ4v) is 3.39. The molecule has 0 spiro atoms. The Hall–Kier alpha value is -2.21. The predicted molar refractivity (Wildman–Crippen MR) is 107 cm³/mol. The Morgan fingerprint density at radius 3 is 2.42 bits per heavy atom. The molecule has 26 heavy (non-hydrogen) atoms. The second kappa shape index (κ2) is 8.94. The number of hydrogen-bond donors (Lipinski definition) is 2. The van der Waals surface area contributed by atoms with Gasteiger partial charge in [0.05, 0.1) is 6.54 Å². The van der Waals surface area contributed by atoms with Gasteiger partial charge in [0.2, 0.25) is 5.91 Å². The van der Waals surface area contributed by atoms with Crippen molar-refractivity contribution in [3.8, 4) is 0 Å². The second-order valence-corrected chi connectivity index (χ2v) is 6.99. The average Bonchev–Trinajstić information content (AvgIpc) is 3.19. The molecule has 0 atom stereocenters. The number of guanidine groups is 1. The van der Waals surface area contributed by atoms with E-state index in [-0.39, 0.29) is 12.5 Å². The van der Waals surface area contributed by atoms with Gasteiger partial charge in [-0.3, -0.25) is 9.79 Å². The topological polar surface area (TPSA) is 60.0 Å². The van der Waals surface area contributed by atoms with Crippen LogP contribution in [0.25, 0.3) is 0 Å². The maximum absolute atomic E-state index is 12.5. The Labute approximate surface area is 159 Å². The van der Waals surface area contributed by atoms with Gasteiger partial charge >= 0.3 is 0 Å². The van der Waals surface area contributed by atoms with Crippen molar-refractivity contribution in [2.45, 2.75) is 18.9 Å². The number of halogens is 1. The van der Waals surface area contributed by atoms with E-state index in [0.29, 0.717) is 12.0 Å². The summed E-state index contributed by atoms with van der Waals surface area (Å²) in [7, 11) is 1.73. The molecule has 0 radical (unpaired) electrons. The molecule has 1 aliphatic carbocycles. The van der Waals surface area contributed by atoms with Crippen LogP contribution >= 0.6 is 11.6 Å². The first-order chi connectivity index (χ1) is 12.7. The first-order valence-electron chi connectivity index (χ1n) is 9.06. The second-order valence-electron chi connectivity index (χ2n) is 6.55. The van der Waals surface area contributed by atoms with Crippen molar-refractivity contribution in [1.29, 1.82) is 0 Å². The zero-order valence-electron chi connectivity index (χ0n) is 15.1. The highest BCUT2D eigenvalue weighted by Crippen LogP contribution is 2.19. The molecule has 0 aromatic heterocycles. The van der Waals surface area contributed by atoms with Crippen LogP contribution < -0.4 is 15.5 Å². The zero-order chi connectivity index (χ0) is 18.4. The van der Waals surface area contributed by atoms with Gasteiger partial charge in [-0.1, -0.05) is 23.8 Å². The van der Waals surface area contributed by atoms with Gasteiger partial charge in [0.15, 0.2) is 5.96 Å². The summed E-state index contributed by atoms with van der Waals surface area (Å²) in [6.07, 6.45) is 6.33. The van der Waals surface area contributed by atoms with Crippen LogP contribution in [-0.4, -0.2) is 62.6 Å². The molecule has 3 rings (SSSR count). The molecular formula is C19H26ClN5O. The van der Waals surface area contributed by atoms with E-state index < -0.39 is 0 Å². The number of aliphatic imine (C=N–C) groups is 1. The molecular weight excluding hydrogens is 350 g/mol. The molecule has 2 N–H and O–H groups in total. The summed E-state index contributed by atoms with van der Waals surface area (Å²) in [5.41, 5.74) is 1.15. The van der Waals surface area contributed by atoms with E-state index >= 15 is 0 Å². The van der Waals surface area contributed by atoms with Gasteiger partial charge in [-0.15, -0.1) is 0 Å². The lowest BCUT2D eigenvalue weighted by Crippen LogP contribution is -2.52.